The van der Waals surface area contributed by atoms with Crippen molar-refractivity contribution < 1.29 is 18.3 Å². The number of nitrogens with zero attached hydrogens (tertiary/aromatic N) is 3. The number of carboxylic acids is 1. The third kappa shape index (κ3) is 2.99. The largest absolute Gasteiger partial charge is 0.480 e. The van der Waals surface area contributed by atoms with E-state index in [1.165, 1.54) is 10.8 Å². The molecule has 0 amide bonds. The van der Waals surface area contributed by atoms with Gasteiger partial charge in [-0.3, -0.25) is 4.79 Å². The highest BCUT2D eigenvalue weighted by Crippen LogP contribution is 2.29. The van der Waals surface area contributed by atoms with Crippen LogP contribution in [-0.4, -0.2) is 34.0 Å². The molecule has 0 atom stereocenters. The number of aromatic nitrogens is 3. The summed E-state index contributed by atoms with van der Waals surface area (Å²) in [5, 5.41) is 14.6. The van der Waals surface area contributed by atoms with E-state index in [9.17, 15) is 13.2 Å². The monoisotopic (exact) mass is 346 g/mol. The van der Waals surface area contributed by atoms with Gasteiger partial charge in [-0.25, -0.2) is 23.5 Å². The molecule has 0 radical (unpaired) electrons. The van der Waals surface area contributed by atoms with E-state index in [0.717, 1.165) is 0 Å². The minimum Gasteiger partial charge on any atom is -0.480 e. The summed E-state index contributed by atoms with van der Waals surface area (Å²) in [6.45, 7) is 1.40. The highest BCUT2D eigenvalue weighted by atomic mass is 32.2. The van der Waals surface area contributed by atoms with Gasteiger partial charge in [0.05, 0.1) is 0 Å². The number of fused-ring (bicyclic) bond motifs is 1. The van der Waals surface area contributed by atoms with Crippen molar-refractivity contribution in [2.24, 2.45) is 5.14 Å². The molecular formula is C15H14N4O4S. The lowest BCUT2D eigenvalue weighted by Gasteiger charge is -2.04. The Balaban J connectivity index is 2.24. The van der Waals surface area contributed by atoms with Crippen molar-refractivity contribution in [3.8, 4) is 11.1 Å². The van der Waals surface area contributed by atoms with Crippen LogP contribution >= 0.6 is 0 Å². The van der Waals surface area contributed by atoms with Gasteiger partial charge >= 0.3 is 5.97 Å². The maximum Gasteiger partial charge on any atom is 0.323 e. The minimum atomic E-state index is -4.00. The molecule has 0 saturated carbocycles. The first-order chi connectivity index (χ1) is 11.3. The summed E-state index contributed by atoms with van der Waals surface area (Å²) in [5.74, 6) is -0.457. The zero-order valence-electron chi connectivity index (χ0n) is 12.7. The number of aliphatic carboxylic acids is 1. The van der Waals surface area contributed by atoms with Crippen LogP contribution in [0.3, 0.4) is 0 Å². The summed E-state index contributed by atoms with van der Waals surface area (Å²) in [6.07, 6.45) is 4.51. The van der Waals surface area contributed by atoms with Crippen LogP contribution in [0.5, 0.6) is 0 Å². The first-order valence-corrected chi connectivity index (χ1v) is 8.47. The Bertz CT molecular complexity index is 1040. The third-order valence-electron chi connectivity index (χ3n) is 3.57. The molecule has 0 fully saturated rings. The fourth-order valence-electron chi connectivity index (χ4n) is 2.49. The number of aryl methyl sites for hydroxylation is 1. The molecule has 3 rings (SSSR count). The number of sulfonamides is 1. The van der Waals surface area contributed by atoms with Crippen molar-refractivity contribution in [3.05, 3.63) is 42.6 Å². The highest BCUT2D eigenvalue weighted by Gasteiger charge is 2.19. The van der Waals surface area contributed by atoms with Crippen LogP contribution in [0.1, 0.15) is 5.82 Å². The maximum atomic E-state index is 11.8. The molecular weight excluding hydrogens is 332 g/mol. The third-order valence-corrected chi connectivity index (χ3v) is 4.51. The van der Waals surface area contributed by atoms with Gasteiger partial charge in [0.25, 0.3) is 0 Å². The molecule has 0 bridgehead atoms. The normalized spacial score (nSPS) is 11.8. The van der Waals surface area contributed by atoms with Gasteiger partial charge in [0.2, 0.25) is 10.0 Å². The number of carboxylic acid groups (broad SMARTS) is 1. The molecule has 2 heterocycles. The van der Waals surface area contributed by atoms with Crippen molar-refractivity contribution in [2.45, 2.75) is 18.4 Å². The van der Waals surface area contributed by atoms with Gasteiger partial charge in [-0.05, 0) is 24.6 Å². The lowest BCUT2D eigenvalue weighted by atomic mass is 10.1. The average Bonchev–Trinajstić information content (AvgIpc) is 2.85. The number of nitrogens with two attached hydrogens (primary N) is 1. The quantitative estimate of drug-likeness (QED) is 0.729. The first-order valence-electron chi connectivity index (χ1n) is 6.92. The molecule has 0 saturated heterocycles. The Hall–Kier alpha value is -2.78. The molecule has 24 heavy (non-hydrogen) atoms. The molecule has 3 aromatic rings. The van der Waals surface area contributed by atoms with Crippen molar-refractivity contribution in [3.63, 3.8) is 0 Å². The molecule has 9 heteroatoms. The van der Waals surface area contributed by atoms with E-state index < -0.39 is 16.0 Å². The van der Waals surface area contributed by atoms with Gasteiger partial charge in [0.1, 0.15) is 17.3 Å². The fraction of sp³-hybridized carbons (Fsp3) is 0.133. The maximum absolute atomic E-state index is 11.8. The Morgan fingerprint density at radius 2 is 1.92 bits per heavy atom. The number of hydrogen-bond donors (Lipinski definition) is 2. The number of benzene rings is 1. The second-order valence-corrected chi connectivity index (χ2v) is 6.84. The lowest BCUT2D eigenvalue weighted by molar-refractivity contribution is -0.137. The molecule has 0 aliphatic rings. The topological polar surface area (TPSA) is 128 Å². The number of hydrogen-bond acceptors (Lipinski definition) is 5. The van der Waals surface area contributed by atoms with E-state index in [0.29, 0.717) is 27.9 Å². The fourth-order valence-corrected chi connectivity index (χ4v) is 3.23. The number of primary sulfonamides is 1. The summed E-state index contributed by atoms with van der Waals surface area (Å²) >= 11 is 0. The van der Waals surface area contributed by atoms with Crippen LogP contribution < -0.4 is 5.14 Å². The van der Waals surface area contributed by atoms with Gasteiger partial charge in [-0.2, -0.15) is 0 Å². The van der Waals surface area contributed by atoms with Crippen molar-refractivity contribution >= 4 is 26.9 Å². The van der Waals surface area contributed by atoms with Gasteiger partial charge < -0.3 is 9.67 Å². The standard InChI is InChI=1S/C15H14N4O4S/c1-9-17-5-11(6-18-9)10-2-3-13-12(4-10)14(24(16,22)23)7-19(13)8-15(20)21/h2-7H,8H2,1H3,(H,20,21)(H2,16,22,23). The summed E-state index contributed by atoms with van der Waals surface area (Å²) in [5.41, 5.74) is 1.90. The summed E-state index contributed by atoms with van der Waals surface area (Å²) < 4.78 is 25.0. The Morgan fingerprint density at radius 1 is 1.25 bits per heavy atom. The predicted molar refractivity (Wildman–Crippen MR) is 86.7 cm³/mol. The van der Waals surface area contributed by atoms with Crippen molar-refractivity contribution in [2.75, 3.05) is 0 Å². The van der Waals surface area contributed by atoms with E-state index in [1.54, 1.807) is 37.5 Å². The summed E-state index contributed by atoms with van der Waals surface area (Å²) in [7, 11) is -4.00. The number of carbonyl (C=O) groups is 1. The second-order valence-electron chi connectivity index (χ2n) is 5.31. The molecule has 2 aromatic heterocycles. The summed E-state index contributed by atoms with van der Waals surface area (Å²) in [4.78, 5) is 19.1. The van der Waals surface area contributed by atoms with Crippen LogP contribution in [0.4, 0.5) is 0 Å². The smallest absolute Gasteiger partial charge is 0.323 e. The van der Waals surface area contributed by atoms with Crippen LogP contribution in [-0.2, 0) is 21.4 Å². The zero-order chi connectivity index (χ0) is 17.5. The van der Waals surface area contributed by atoms with Gasteiger partial charge in [0, 0.05) is 35.1 Å². The number of rotatable bonds is 4. The predicted octanol–water partition coefficient (Wildman–Crippen LogP) is 1.14. The van der Waals surface area contributed by atoms with Crippen LogP contribution in [0.15, 0.2) is 41.7 Å². The lowest BCUT2D eigenvalue weighted by Crippen LogP contribution is -2.12. The molecule has 0 spiro atoms. The minimum absolute atomic E-state index is 0.117. The Labute approximate surface area is 137 Å². The zero-order valence-corrected chi connectivity index (χ0v) is 13.5. The molecule has 0 unspecified atom stereocenters. The molecule has 3 N–H and O–H groups in total. The van der Waals surface area contributed by atoms with Crippen LogP contribution in [0.25, 0.3) is 22.0 Å². The SMILES string of the molecule is Cc1ncc(-c2ccc3c(c2)c(S(N)(=O)=O)cn3CC(=O)O)cn1. The Morgan fingerprint density at radius 3 is 2.50 bits per heavy atom. The molecule has 124 valence electrons. The van der Waals surface area contributed by atoms with Gasteiger partial charge in [-0.15, -0.1) is 0 Å². The van der Waals surface area contributed by atoms with E-state index in [2.05, 4.69) is 9.97 Å². The average molecular weight is 346 g/mol. The van der Waals surface area contributed by atoms with E-state index in [-0.39, 0.29) is 11.4 Å². The Kier molecular flexibility index (Phi) is 3.82. The van der Waals surface area contributed by atoms with E-state index in [1.807, 2.05) is 0 Å². The van der Waals surface area contributed by atoms with Crippen molar-refractivity contribution in [1.82, 2.24) is 14.5 Å². The van der Waals surface area contributed by atoms with Gasteiger partial charge in [0.15, 0.2) is 0 Å². The molecule has 0 aliphatic heterocycles. The van der Waals surface area contributed by atoms with Gasteiger partial charge in [-0.1, -0.05) is 6.07 Å². The summed E-state index contributed by atoms with van der Waals surface area (Å²) in [6, 6.07) is 5.05. The second kappa shape index (κ2) is 5.69. The first kappa shape index (κ1) is 16.1. The highest BCUT2D eigenvalue weighted by molar-refractivity contribution is 7.89. The van der Waals surface area contributed by atoms with Crippen LogP contribution in [0, 0.1) is 6.92 Å². The molecule has 0 aliphatic carbocycles. The van der Waals surface area contributed by atoms with Crippen LogP contribution in [0.2, 0.25) is 0 Å². The van der Waals surface area contributed by atoms with Crippen molar-refractivity contribution in [1.29, 1.82) is 0 Å². The van der Waals surface area contributed by atoms with E-state index in [4.69, 9.17) is 10.2 Å². The molecule has 1 aromatic carbocycles. The van der Waals surface area contributed by atoms with E-state index >= 15 is 0 Å². The molecule has 8 nitrogen and oxygen atoms in total.